The maximum atomic E-state index is 12.3. The lowest BCUT2D eigenvalue weighted by atomic mass is 10.0. The molecule has 29 heavy (non-hydrogen) atoms. The summed E-state index contributed by atoms with van der Waals surface area (Å²) in [7, 11) is 0. The van der Waals surface area contributed by atoms with Gasteiger partial charge in [0.25, 0.3) is 5.91 Å². The minimum Gasteiger partial charge on any atom is -0.451 e. The number of ether oxygens (including phenoxy) is 1. The first kappa shape index (κ1) is 21.9. The standard InChI is InChI=1S/C22H27N3O4/c1-14(2)17-10-12-19(13-11-17)24-20(26)16(4)29-21(27)15(3)23-22(28)25-18-8-6-5-7-9-18/h5-16H,1-4H3,(H,24,26)(H2,23,25,28)/t15-,16+/m0/s1. The van der Waals surface area contributed by atoms with Gasteiger partial charge < -0.3 is 20.7 Å². The Bertz CT molecular complexity index is 835. The molecule has 3 N–H and O–H groups in total. The lowest BCUT2D eigenvalue weighted by Crippen LogP contribution is -2.44. The van der Waals surface area contributed by atoms with Crippen molar-refractivity contribution in [2.24, 2.45) is 0 Å². The Hall–Kier alpha value is -3.35. The quantitative estimate of drug-likeness (QED) is 0.618. The third kappa shape index (κ3) is 6.95. The summed E-state index contributed by atoms with van der Waals surface area (Å²) in [6.07, 6.45) is -1.01. The van der Waals surface area contributed by atoms with E-state index in [9.17, 15) is 14.4 Å². The Kier molecular flexibility index (Phi) is 7.77. The minimum absolute atomic E-state index is 0.396. The lowest BCUT2D eigenvalue weighted by molar-refractivity contribution is -0.154. The van der Waals surface area contributed by atoms with Crippen molar-refractivity contribution in [1.29, 1.82) is 0 Å². The number of hydrogen-bond acceptors (Lipinski definition) is 4. The summed E-state index contributed by atoms with van der Waals surface area (Å²) in [5.74, 6) is -0.754. The van der Waals surface area contributed by atoms with Crippen molar-refractivity contribution in [3.63, 3.8) is 0 Å². The summed E-state index contributed by atoms with van der Waals surface area (Å²) in [6.45, 7) is 7.14. The van der Waals surface area contributed by atoms with E-state index in [2.05, 4.69) is 29.8 Å². The second-order valence-corrected chi connectivity index (χ2v) is 7.03. The van der Waals surface area contributed by atoms with Crippen LogP contribution in [0.4, 0.5) is 16.2 Å². The van der Waals surface area contributed by atoms with Crippen LogP contribution in [0, 0.1) is 0 Å². The largest absolute Gasteiger partial charge is 0.451 e. The van der Waals surface area contributed by atoms with Crippen LogP contribution < -0.4 is 16.0 Å². The van der Waals surface area contributed by atoms with Gasteiger partial charge >= 0.3 is 12.0 Å². The maximum Gasteiger partial charge on any atom is 0.329 e. The molecule has 0 saturated carbocycles. The molecule has 2 atom stereocenters. The van der Waals surface area contributed by atoms with Crippen molar-refractivity contribution in [1.82, 2.24) is 5.32 Å². The van der Waals surface area contributed by atoms with E-state index in [-0.39, 0.29) is 0 Å². The van der Waals surface area contributed by atoms with Crippen LogP contribution in [-0.4, -0.2) is 30.1 Å². The molecular formula is C22H27N3O4. The Labute approximate surface area is 170 Å². The van der Waals surface area contributed by atoms with Gasteiger partial charge in [0.05, 0.1) is 0 Å². The monoisotopic (exact) mass is 397 g/mol. The third-order valence-corrected chi connectivity index (χ3v) is 4.24. The van der Waals surface area contributed by atoms with Crippen molar-refractivity contribution >= 4 is 29.3 Å². The first-order valence-electron chi connectivity index (χ1n) is 9.50. The number of carbonyl (C=O) groups is 3. The molecule has 0 spiro atoms. The highest BCUT2D eigenvalue weighted by Crippen LogP contribution is 2.17. The molecule has 2 aromatic rings. The molecule has 154 valence electrons. The molecule has 0 radical (unpaired) electrons. The van der Waals surface area contributed by atoms with Crippen LogP contribution in [-0.2, 0) is 14.3 Å². The highest BCUT2D eigenvalue weighted by Gasteiger charge is 2.23. The number of hydrogen-bond donors (Lipinski definition) is 3. The van der Waals surface area contributed by atoms with E-state index >= 15 is 0 Å². The Morgan fingerprint density at radius 2 is 1.38 bits per heavy atom. The van der Waals surface area contributed by atoms with Crippen molar-refractivity contribution in [3.8, 4) is 0 Å². The molecule has 7 nitrogen and oxygen atoms in total. The third-order valence-electron chi connectivity index (χ3n) is 4.24. The number of benzene rings is 2. The summed E-state index contributed by atoms with van der Waals surface area (Å²) in [5, 5.41) is 7.80. The zero-order valence-corrected chi connectivity index (χ0v) is 17.1. The highest BCUT2D eigenvalue weighted by atomic mass is 16.5. The second-order valence-electron chi connectivity index (χ2n) is 7.03. The molecule has 0 unspecified atom stereocenters. The molecule has 2 aromatic carbocycles. The number of esters is 1. The van der Waals surface area contributed by atoms with Gasteiger partial charge in [0.1, 0.15) is 6.04 Å². The summed E-state index contributed by atoms with van der Waals surface area (Å²) in [5.41, 5.74) is 2.38. The fourth-order valence-electron chi connectivity index (χ4n) is 2.47. The van der Waals surface area contributed by atoms with Crippen LogP contribution in [0.2, 0.25) is 0 Å². The van der Waals surface area contributed by atoms with E-state index in [1.54, 1.807) is 36.4 Å². The topological polar surface area (TPSA) is 96.5 Å². The molecule has 2 rings (SSSR count). The molecule has 0 aliphatic carbocycles. The van der Waals surface area contributed by atoms with Gasteiger partial charge in [-0.05, 0) is 49.6 Å². The summed E-state index contributed by atoms with van der Waals surface area (Å²) in [6, 6.07) is 14.9. The SMILES string of the molecule is CC(C)c1ccc(NC(=O)[C@@H](C)OC(=O)[C@H](C)NC(=O)Nc2ccccc2)cc1. The fourth-order valence-corrected chi connectivity index (χ4v) is 2.47. The van der Waals surface area contributed by atoms with E-state index in [0.29, 0.717) is 17.3 Å². The predicted octanol–water partition coefficient (Wildman–Crippen LogP) is 3.89. The smallest absolute Gasteiger partial charge is 0.329 e. The van der Waals surface area contributed by atoms with Gasteiger partial charge in [-0.15, -0.1) is 0 Å². The molecule has 0 heterocycles. The molecule has 7 heteroatoms. The summed E-state index contributed by atoms with van der Waals surface area (Å²) in [4.78, 5) is 36.4. The van der Waals surface area contributed by atoms with Crippen LogP contribution in [0.5, 0.6) is 0 Å². The van der Waals surface area contributed by atoms with Gasteiger partial charge in [-0.1, -0.05) is 44.2 Å². The number of anilines is 2. The number of carbonyl (C=O) groups excluding carboxylic acids is 3. The number of para-hydroxylation sites is 1. The van der Waals surface area contributed by atoms with Crippen molar-refractivity contribution in [2.75, 3.05) is 10.6 Å². The van der Waals surface area contributed by atoms with Crippen molar-refractivity contribution in [3.05, 3.63) is 60.2 Å². The zero-order chi connectivity index (χ0) is 21.4. The molecule has 0 saturated heterocycles. The van der Waals surface area contributed by atoms with E-state index < -0.39 is 30.1 Å². The molecule has 0 aromatic heterocycles. The number of rotatable bonds is 7. The normalized spacial score (nSPS) is 12.6. The lowest BCUT2D eigenvalue weighted by Gasteiger charge is -2.18. The van der Waals surface area contributed by atoms with E-state index in [1.807, 2.05) is 18.2 Å². The van der Waals surface area contributed by atoms with Crippen molar-refractivity contribution in [2.45, 2.75) is 45.8 Å². The van der Waals surface area contributed by atoms with E-state index in [0.717, 1.165) is 5.56 Å². The average molecular weight is 397 g/mol. The van der Waals surface area contributed by atoms with Crippen molar-refractivity contribution < 1.29 is 19.1 Å². The van der Waals surface area contributed by atoms with E-state index in [1.165, 1.54) is 13.8 Å². The second kappa shape index (κ2) is 10.3. The van der Waals surface area contributed by atoms with Gasteiger partial charge in [0.15, 0.2) is 6.10 Å². The van der Waals surface area contributed by atoms with Crippen LogP contribution in [0.15, 0.2) is 54.6 Å². The van der Waals surface area contributed by atoms with Gasteiger partial charge in [0.2, 0.25) is 0 Å². The molecule has 3 amide bonds. The first-order valence-corrected chi connectivity index (χ1v) is 9.50. The Balaban J connectivity index is 1.81. The van der Waals surface area contributed by atoms with Crippen LogP contribution in [0.3, 0.4) is 0 Å². The van der Waals surface area contributed by atoms with Gasteiger partial charge in [-0.3, -0.25) is 4.79 Å². The maximum absolute atomic E-state index is 12.3. The number of amides is 3. The summed E-state index contributed by atoms with van der Waals surface area (Å²) >= 11 is 0. The van der Waals surface area contributed by atoms with Crippen LogP contribution >= 0.6 is 0 Å². The molecule has 0 aliphatic rings. The fraction of sp³-hybridized carbons (Fsp3) is 0.318. The highest BCUT2D eigenvalue weighted by molar-refractivity contribution is 5.96. The van der Waals surface area contributed by atoms with Crippen LogP contribution in [0.25, 0.3) is 0 Å². The predicted molar refractivity (Wildman–Crippen MR) is 113 cm³/mol. The first-order chi connectivity index (χ1) is 13.8. The van der Waals surface area contributed by atoms with Gasteiger partial charge in [-0.25, -0.2) is 9.59 Å². The Morgan fingerprint density at radius 1 is 0.793 bits per heavy atom. The average Bonchev–Trinajstić information content (AvgIpc) is 2.68. The zero-order valence-electron chi connectivity index (χ0n) is 17.1. The number of urea groups is 1. The molecular weight excluding hydrogens is 370 g/mol. The molecule has 0 aliphatic heterocycles. The van der Waals surface area contributed by atoms with Gasteiger partial charge in [0, 0.05) is 11.4 Å². The van der Waals surface area contributed by atoms with Gasteiger partial charge in [-0.2, -0.15) is 0 Å². The van der Waals surface area contributed by atoms with E-state index in [4.69, 9.17) is 4.74 Å². The summed E-state index contributed by atoms with van der Waals surface area (Å²) < 4.78 is 5.17. The minimum atomic E-state index is -1.01. The van der Waals surface area contributed by atoms with Crippen LogP contribution in [0.1, 0.15) is 39.2 Å². The molecule has 0 fully saturated rings. The Morgan fingerprint density at radius 3 is 1.97 bits per heavy atom. The number of nitrogens with one attached hydrogen (secondary N) is 3. The molecule has 0 bridgehead atoms.